The number of thioether (sulfide) groups is 1. The van der Waals surface area contributed by atoms with Gasteiger partial charge in [-0.15, -0.1) is 10.2 Å². The van der Waals surface area contributed by atoms with Crippen molar-refractivity contribution >= 4 is 39.8 Å². The highest BCUT2D eigenvalue weighted by atomic mass is 32.2. The van der Waals surface area contributed by atoms with E-state index in [9.17, 15) is 4.79 Å². The van der Waals surface area contributed by atoms with Crippen molar-refractivity contribution in [2.75, 3.05) is 11.1 Å². The molecular weight excluding hydrogens is 356 g/mol. The van der Waals surface area contributed by atoms with Crippen molar-refractivity contribution in [3.8, 4) is 11.5 Å². The fourth-order valence-electron chi connectivity index (χ4n) is 1.91. The average molecular weight is 372 g/mol. The lowest BCUT2D eigenvalue weighted by atomic mass is 10.3. The number of carbonyl (C=O) groups excluding carboxylic acids is 1. The van der Waals surface area contributed by atoms with Gasteiger partial charge in [0.05, 0.1) is 0 Å². The highest BCUT2D eigenvalue weighted by Crippen LogP contribution is 2.29. The van der Waals surface area contributed by atoms with Crippen LogP contribution < -0.4 is 15.8 Å². The number of nitrogens with two attached hydrogens (primary N) is 1. The average Bonchev–Trinajstić information content (AvgIpc) is 3.05. The predicted molar refractivity (Wildman–Crippen MR) is 101 cm³/mol. The van der Waals surface area contributed by atoms with Gasteiger partial charge in [0.25, 0.3) is 0 Å². The molecule has 0 saturated carbocycles. The van der Waals surface area contributed by atoms with Gasteiger partial charge in [-0.2, -0.15) is 0 Å². The molecule has 6 nitrogen and oxygen atoms in total. The van der Waals surface area contributed by atoms with Gasteiger partial charge in [-0.25, -0.2) is 0 Å². The molecule has 2 aromatic carbocycles. The van der Waals surface area contributed by atoms with E-state index in [4.69, 9.17) is 10.5 Å². The molecule has 1 amide bonds. The second-order valence-electron chi connectivity index (χ2n) is 5.00. The van der Waals surface area contributed by atoms with E-state index >= 15 is 0 Å². The van der Waals surface area contributed by atoms with Gasteiger partial charge in [-0.1, -0.05) is 41.3 Å². The number of primary amides is 1. The van der Waals surface area contributed by atoms with E-state index in [0.717, 1.165) is 21.5 Å². The molecule has 0 bridgehead atoms. The fourth-order valence-corrected chi connectivity index (χ4v) is 3.71. The van der Waals surface area contributed by atoms with Crippen molar-refractivity contribution in [2.24, 2.45) is 5.73 Å². The number of rotatable bonds is 8. The van der Waals surface area contributed by atoms with Crippen LogP contribution in [0.2, 0.25) is 0 Å². The lowest BCUT2D eigenvalue weighted by Crippen LogP contribution is -2.10. The van der Waals surface area contributed by atoms with Gasteiger partial charge >= 0.3 is 0 Å². The number of ether oxygens (including phenoxy) is 1. The number of nitrogens with zero attached hydrogens (tertiary/aromatic N) is 2. The van der Waals surface area contributed by atoms with E-state index in [1.54, 1.807) is 0 Å². The molecule has 0 aliphatic carbocycles. The van der Waals surface area contributed by atoms with Crippen LogP contribution in [0.15, 0.2) is 58.9 Å². The maximum absolute atomic E-state index is 10.7. The molecule has 3 rings (SSSR count). The van der Waals surface area contributed by atoms with Crippen molar-refractivity contribution < 1.29 is 9.53 Å². The number of amides is 1. The van der Waals surface area contributed by atoms with Crippen LogP contribution >= 0.6 is 23.1 Å². The highest BCUT2D eigenvalue weighted by Gasteiger charge is 2.06. The number of hydrogen-bond acceptors (Lipinski definition) is 7. The Morgan fingerprint density at radius 1 is 1.08 bits per heavy atom. The molecule has 128 valence electrons. The largest absolute Gasteiger partial charge is 0.457 e. The third-order valence-corrected chi connectivity index (χ3v) is 5.04. The first-order valence-electron chi connectivity index (χ1n) is 7.53. The Bertz CT molecular complexity index is 822. The van der Waals surface area contributed by atoms with E-state index in [1.165, 1.54) is 23.1 Å². The second-order valence-corrected chi connectivity index (χ2v) is 7.32. The maximum Gasteiger partial charge on any atom is 0.218 e. The van der Waals surface area contributed by atoms with Crippen molar-refractivity contribution in [1.29, 1.82) is 0 Å². The van der Waals surface area contributed by atoms with Crippen LogP contribution in [0, 0.1) is 0 Å². The normalized spacial score (nSPS) is 10.4. The van der Waals surface area contributed by atoms with Crippen molar-refractivity contribution in [3.05, 3.63) is 54.6 Å². The van der Waals surface area contributed by atoms with Crippen LogP contribution in [-0.2, 0) is 4.79 Å². The summed E-state index contributed by atoms with van der Waals surface area (Å²) in [5.41, 5.74) is 6.01. The van der Waals surface area contributed by atoms with E-state index < -0.39 is 0 Å². The Hall–Kier alpha value is -2.58. The number of carbonyl (C=O) groups is 1. The number of para-hydroxylation sites is 1. The van der Waals surface area contributed by atoms with Crippen LogP contribution in [0.1, 0.15) is 6.42 Å². The molecule has 0 spiro atoms. The number of anilines is 2. The molecule has 3 aromatic rings. The lowest BCUT2D eigenvalue weighted by molar-refractivity contribution is -0.117. The minimum absolute atomic E-state index is 0.312. The van der Waals surface area contributed by atoms with Gasteiger partial charge in [0, 0.05) is 17.9 Å². The summed E-state index contributed by atoms with van der Waals surface area (Å²) in [6.07, 6.45) is 0.329. The summed E-state index contributed by atoms with van der Waals surface area (Å²) in [5.74, 6) is 1.85. The lowest BCUT2D eigenvalue weighted by Gasteiger charge is -2.06. The smallest absolute Gasteiger partial charge is 0.218 e. The molecule has 8 heteroatoms. The first-order valence-corrected chi connectivity index (χ1v) is 9.34. The van der Waals surface area contributed by atoms with Crippen molar-refractivity contribution in [1.82, 2.24) is 10.2 Å². The number of nitrogens with one attached hydrogen (secondary N) is 1. The predicted octanol–water partition coefficient (Wildman–Crippen LogP) is 4.04. The Morgan fingerprint density at radius 2 is 1.80 bits per heavy atom. The van der Waals surface area contributed by atoms with Crippen LogP contribution in [-0.4, -0.2) is 21.9 Å². The molecule has 1 heterocycles. The van der Waals surface area contributed by atoms with Crippen molar-refractivity contribution in [2.45, 2.75) is 10.8 Å². The van der Waals surface area contributed by atoms with E-state index in [1.807, 2.05) is 54.6 Å². The Morgan fingerprint density at radius 3 is 2.52 bits per heavy atom. The fraction of sp³-hybridized carbons (Fsp3) is 0.118. The Balaban J connectivity index is 1.54. The Labute approximate surface area is 153 Å². The topological polar surface area (TPSA) is 90.1 Å². The number of hydrogen-bond donors (Lipinski definition) is 2. The molecule has 0 fully saturated rings. The summed E-state index contributed by atoms with van der Waals surface area (Å²) < 4.78 is 6.56. The molecule has 0 saturated heterocycles. The Kier molecular flexibility index (Phi) is 5.86. The summed E-state index contributed by atoms with van der Waals surface area (Å²) in [7, 11) is 0. The third kappa shape index (κ3) is 5.47. The van der Waals surface area contributed by atoms with Crippen LogP contribution in [0.25, 0.3) is 0 Å². The quantitative estimate of drug-likeness (QED) is 0.580. The molecule has 1 aromatic heterocycles. The van der Waals surface area contributed by atoms with Crippen LogP contribution in [0.5, 0.6) is 11.5 Å². The zero-order valence-corrected chi connectivity index (χ0v) is 14.8. The molecule has 0 atom stereocenters. The SMILES string of the molecule is NC(=O)CCSc1nnc(Nc2ccc(Oc3ccccc3)cc2)s1. The summed E-state index contributed by atoms with van der Waals surface area (Å²) in [6.45, 7) is 0. The summed E-state index contributed by atoms with van der Waals surface area (Å²) >= 11 is 2.90. The van der Waals surface area contributed by atoms with Crippen molar-refractivity contribution in [3.63, 3.8) is 0 Å². The molecule has 0 radical (unpaired) electrons. The summed E-state index contributed by atoms with van der Waals surface area (Å²) in [6, 6.07) is 17.2. The number of aromatic nitrogens is 2. The van der Waals surface area contributed by atoms with Gasteiger partial charge < -0.3 is 15.8 Å². The number of benzene rings is 2. The highest BCUT2D eigenvalue weighted by molar-refractivity contribution is 8.01. The van der Waals surface area contributed by atoms with Gasteiger partial charge in [-0.05, 0) is 36.4 Å². The molecule has 0 aliphatic heterocycles. The summed E-state index contributed by atoms with van der Waals surface area (Å²) in [4.78, 5) is 10.7. The van der Waals surface area contributed by atoms with Gasteiger partial charge in [0.15, 0.2) is 4.34 Å². The summed E-state index contributed by atoms with van der Waals surface area (Å²) in [5, 5.41) is 12.1. The first-order chi connectivity index (χ1) is 12.2. The van der Waals surface area contributed by atoms with E-state index in [0.29, 0.717) is 17.3 Å². The standard InChI is InChI=1S/C17H16N4O2S2/c18-15(22)10-11-24-17-21-20-16(25-17)19-12-6-8-14(9-7-12)23-13-4-2-1-3-5-13/h1-9H,10-11H2,(H2,18,22)(H,19,20). The van der Waals surface area contributed by atoms with Crippen LogP contribution in [0.4, 0.5) is 10.8 Å². The first kappa shape index (κ1) is 17.2. The van der Waals surface area contributed by atoms with Gasteiger partial charge in [0.1, 0.15) is 11.5 Å². The van der Waals surface area contributed by atoms with E-state index in [2.05, 4.69) is 15.5 Å². The molecule has 0 unspecified atom stereocenters. The molecule has 3 N–H and O–H groups in total. The van der Waals surface area contributed by atoms with Gasteiger partial charge in [0.2, 0.25) is 11.0 Å². The zero-order chi connectivity index (χ0) is 17.5. The molecule has 0 aliphatic rings. The van der Waals surface area contributed by atoms with E-state index in [-0.39, 0.29) is 5.91 Å². The molecular formula is C17H16N4O2S2. The zero-order valence-electron chi connectivity index (χ0n) is 13.2. The second kappa shape index (κ2) is 8.50. The maximum atomic E-state index is 10.7. The van der Waals surface area contributed by atoms with Gasteiger partial charge in [-0.3, -0.25) is 4.79 Å². The third-order valence-electron chi connectivity index (χ3n) is 3.06. The monoisotopic (exact) mass is 372 g/mol. The molecule has 25 heavy (non-hydrogen) atoms. The minimum Gasteiger partial charge on any atom is -0.457 e. The van der Waals surface area contributed by atoms with Crippen LogP contribution in [0.3, 0.4) is 0 Å². The minimum atomic E-state index is -0.312.